The molecular weight excluding hydrogens is 1150 g/mol. The zero-order chi connectivity index (χ0) is 53.4. The molecule has 0 aliphatic heterocycles. The van der Waals surface area contributed by atoms with Gasteiger partial charge in [0, 0.05) is 90.8 Å². The van der Waals surface area contributed by atoms with Gasteiger partial charge in [0.25, 0.3) is 0 Å². The fraction of sp³-hybridized carbons (Fsp3) is 0. The maximum absolute atomic E-state index is 2.39. The lowest BCUT2D eigenvalue weighted by molar-refractivity contribution is 1.65. The Labute approximate surface area is 505 Å². The fourth-order valence-electron chi connectivity index (χ4n) is 11.3. The van der Waals surface area contributed by atoms with E-state index in [0.29, 0.717) is 0 Å². The molecule has 0 bridgehead atoms. The van der Waals surface area contributed by atoms with E-state index in [2.05, 4.69) is 251 Å². The molecule has 0 atom stereocenters. The monoisotopic (exact) mass is 1190 g/mol. The average molecular weight is 1200 g/mol. The van der Waals surface area contributed by atoms with E-state index < -0.39 is 0 Å². The van der Waals surface area contributed by atoms with Crippen LogP contribution in [-0.4, -0.2) is 0 Å². The molecule has 0 nitrogen and oxygen atoms in total. The highest BCUT2D eigenvalue weighted by atomic mass is 32.1. The molecule has 0 saturated carbocycles. The molecule has 9 heteroatoms. The van der Waals surface area contributed by atoms with Gasteiger partial charge in [-0.25, -0.2) is 0 Å². The molecule has 9 heterocycles. The molecule has 384 valence electrons. The summed E-state index contributed by atoms with van der Waals surface area (Å²) in [6, 6.07) is 82.7. The Kier molecular flexibility index (Phi) is 12.7. The van der Waals surface area contributed by atoms with Crippen molar-refractivity contribution < 1.29 is 0 Å². The third kappa shape index (κ3) is 8.82. The topological polar surface area (TPSA) is 0 Å². The van der Waals surface area contributed by atoms with Crippen LogP contribution in [-0.2, 0) is 0 Å². The van der Waals surface area contributed by atoms with Crippen molar-refractivity contribution in [3.8, 4) is 127 Å². The highest BCUT2D eigenvalue weighted by Gasteiger charge is 2.31. The molecule has 0 unspecified atom stereocenters. The first-order valence-corrected chi connectivity index (χ1v) is 34.3. The van der Waals surface area contributed by atoms with Crippen LogP contribution in [0.15, 0.2) is 251 Å². The first-order chi connectivity index (χ1) is 40.1. The number of hydrogen-bond acceptors (Lipinski definition) is 9. The van der Waals surface area contributed by atoms with Gasteiger partial charge in [-0.3, -0.25) is 0 Å². The molecule has 0 spiro atoms. The number of benzene rings is 7. The molecule has 0 aliphatic carbocycles. The van der Waals surface area contributed by atoms with Crippen LogP contribution in [0.3, 0.4) is 0 Å². The van der Waals surface area contributed by atoms with Crippen molar-refractivity contribution in [2.75, 3.05) is 0 Å². The number of thiophene rings is 9. The highest BCUT2D eigenvalue weighted by molar-refractivity contribution is 7.31. The van der Waals surface area contributed by atoms with Gasteiger partial charge in [0.05, 0.1) is 0 Å². The van der Waals surface area contributed by atoms with Gasteiger partial charge >= 0.3 is 0 Å². The van der Waals surface area contributed by atoms with Gasteiger partial charge in [-0.05, 0) is 135 Å². The molecule has 7 aromatic carbocycles. The Morgan fingerprint density at radius 2 is 0.346 bits per heavy atom. The van der Waals surface area contributed by atoms with Crippen LogP contribution in [0.1, 0.15) is 0 Å². The summed E-state index contributed by atoms with van der Waals surface area (Å²) in [4.78, 5) is 11.5. The van der Waals surface area contributed by atoms with Crippen LogP contribution in [0.2, 0.25) is 0 Å². The third-order valence-electron chi connectivity index (χ3n) is 15.2. The van der Waals surface area contributed by atoms with Gasteiger partial charge in [-0.1, -0.05) is 182 Å². The lowest BCUT2D eigenvalue weighted by atomic mass is 9.91. The van der Waals surface area contributed by atoms with Crippen molar-refractivity contribution in [1.82, 2.24) is 0 Å². The Morgan fingerprint density at radius 1 is 0.173 bits per heavy atom. The van der Waals surface area contributed by atoms with E-state index in [1.54, 1.807) is 68.0 Å². The minimum Gasteiger partial charge on any atom is -0.144 e. The third-order valence-corrected chi connectivity index (χ3v) is 24.5. The standard InChI is InChI=1S/C72H42S9/c1-7-55(73-37-1)43-13-25-49(26-14-43)61-64-70(79-67(61)52-31-19-46(20-32-52)58-10-4-40-76-58)65-62(50-27-15-44(16-28-50)56-8-2-38-74-56)69(54-35-23-48(24-36-54)60-12-6-42-78-60)81-72(65)66-63(51-29-17-45(18-30-51)57-9-3-39-75-57)68(80-71(64)66)53-33-21-47(22-34-53)59-11-5-41-77-59/h1-42H. The molecule has 0 radical (unpaired) electrons. The van der Waals surface area contributed by atoms with Crippen LogP contribution in [0.25, 0.3) is 158 Å². The lowest BCUT2D eigenvalue weighted by Gasteiger charge is -2.11. The highest BCUT2D eigenvalue weighted by Crippen LogP contribution is 2.61. The molecule has 81 heavy (non-hydrogen) atoms. The van der Waals surface area contributed by atoms with Gasteiger partial charge < -0.3 is 0 Å². The molecule has 0 aliphatic rings. The molecule has 9 aromatic heterocycles. The maximum Gasteiger partial charge on any atom is 0.0463 e. The van der Waals surface area contributed by atoms with Crippen molar-refractivity contribution in [2.45, 2.75) is 0 Å². The van der Waals surface area contributed by atoms with E-state index in [-0.39, 0.29) is 0 Å². The Morgan fingerprint density at radius 3 is 0.519 bits per heavy atom. The van der Waals surface area contributed by atoms with Crippen LogP contribution in [0.5, 0.6) is 0 Å². The second-order valence-electron chi connectivity index (χ2n) is 19.9. The SMILES string of the molecule is c1csc(-c2ccc(-c3sc4c(c3-c3ccc(-c5cccs5)cc3)c3sc(-c5ccc(-c6cccs6)cc5)c(-c5ccc(-c6cccs6)cc5)c3c3sc(-c5ccc(-c6cccs6)cc5)c(-c5ccc(-c6cccs6)cc5)c43)cc2)c1. The summed E-state index contributed by atoms with van der Waals surface area (Å²) in [7, 11) is 0. The van der Waals surface area contributed by atoms with Gasteiger partial charge in [0.15, 0.2) is 0 Å². The van der Waals surface area contributed by atoms with Crippen molar-refractivity contribution >= 4 is 132 Å². The molecule has 0 amide bonds. The number of rotatable bonds is 12. The van der Waals surface area contributed by atoms with E-state index >= 15 is 0 Å². The fourth-order valence-corrected chi connectivity index (χ4v) is 20.1. The summed E-state index contributed by atoms with van der Waals surface area (Å²) in [5.41, 5.74) is 18.6. The lowest BCUT2D eigenvalue weighted by Crippen LogP contribution is -1.85. The smallest absolute Gasteiger partial charge is 0.0463 e. The molecular formula is C72H42S9. The van der Waals surface area contributed by atoms with Crippen LogP contribution >= 0.6 is 102 Å². The predicted molar refractivity (Wildman–Crippen MR) is 365 cm³/mol. The Balaban J connectivity index is 1.05. The van der Waals surface area contributed by atoms with Gasteiger partial charge in [-0.2, -0.15) is 0 Å². The second-order valence-corrected chi connectivity index (χ2v) is 28.6. The summed E-state index contributed by atoms with van der Waals surface area (Å²) in [6.07, 6.45) is 0. The van der Waals surface area contributed by atoms with Crippen molar-refractivity contribution in [3.63, 3.8) is 0 Å². The Hall–Kier alpha value is -7.38. The van der Waals surface area contributed by atoms with Crippen molar-refractivity contribution in [3.05, 3.63) is 251 Å². The summed E-state index contributed by atoms with van der Waals surface area (Å²) in [5.74, 6) is 0. The summed E-state index contributed by atoms with van der Waals surface area (Å²) >= 11 is 16.7. The van der Waals surface area contributed by atoms with E-state index in [0.717, 1.165) is 0 Å². The first kappa shape index (κ1) is 49.4. The maximum atomic E-state index is 2.39. The zero-order valence-corrected chi connectivity index (χ0v) is 50.3. The van der Waals surface area contributed by atoms with E-state index in [9.17, 15) is 0 Å². The van der Waals surface area contributed by atoms with Gasteiger partial charge in [-0.15, -0.1) is 102 Å². The largest absolute Gasteiger partial charge is 0.144 e. The summed E-state index contributed by atoms with van der Waals surface area (Å²) in [5, 5.41) is 17.0. The predicted octanol–water partition coefficient (Wildman–Crippen LogP) is 25.7. The van der Waals surface area contributed by atoms with Crippen LogP contribution in [0.4, 0.5) is 0 Å². The van der Waals surface area contributed by atoms with E-state index in [4.69, 9.17) is 0 Å². The zero-order valence-electron chi connectivity index (χ0n) is 42.9. The summed E-state index contributed by atoms with van der Waals surface area (Å²) < 4.78 is 3.97. The van der Waals surface area contributed by atoms with Crippen LogP contribution < -0.4 is 0 Å². The molecule has 0 saturated heterocycles. The second kappa shape index (κ2) is 20.9. The van der Waals surface area contributed by atoms with Gasteiger partial charge in [0.1, 0.15) is 0 Å². The van der Waals surface area contributed by atoms with Crippen LogP contribution in [0, 0.1) is 0 Å². The molecule has 16 rings (SSSR count). The average Bonchev–Trinajstić information content (AvgIpc) is 2.73. The number of fused-ring (bicyclic) bond motifs is 6. The Bertz CT molecular complexity index is 4270. The van der Waals surface area contributed by atoms with E-state index in [1.165, 1.54) is 158 Å². The molecule has 0 fully saturated rings. The van der Waals surface area contributed by atoms with E-state index in [1.807, 2.05) is 34.0 Å². The number of hydrogen-bond donors (Lipinski definition) is 0. The van der Waals surface area contributed by atoms with Crippen molar-refractivity contribution in [1.29, 1.82) is 0 Å². The normalized spacial score (nSPS) is 11.7. The van der Waals surface area contributed by atoms with Crippen molar-refractivity contribution in [2.24, 2.45) is 0 Å². The quantitative estimate of drug-likeness (QED) is 0.114. The van der Waals surface area contributed by atoms with Gasteiger partial charge in [0.2, 0.25) is 0 Å². The molecule has 16 aromatic rings. The minimum absolute atomic E-state index is 1.22. The summed E-state index contributed by atoms with van der Waals surface area (Å²) in [6.45, 7) is 0. The minimum atomic E-state index is 1.22. The first-order valence-electron chi connectivity index (χ1n) is 26.5. The molecule has 0 N–H and O–H groups in total.